The van der Waals surface area contributed by atoms with Gasteiger partial charge in [0, 0.05) is 18.1 Å². The zero-order chi connectivity index (χ0) is 14.8. The highest BCUT2D eigenvalue weighted by Gasteiger charge is 2.27. The highest BCUT2D eigenvalue weighted by molar-refractivity contribution is 7.91. The maximum Gasteiger partial charge on any atom is 0.221 e. The van der Waals surface area contributed by atoms with Crippen LogP contribution in [0, 0.1) is 5.92 Å². The van der Waals surface area contributed by atoms with E-state index in [9.17, 15) is 13.2 Å². The Hall–Kier alpha value is -1.11. The van der Waals surface area contributed by atoms with Crippen LogP contribution >= 0.6 is 11.6 Å². The molecule has 0 aromatic heterocycles. The van der Waals surface area contributed by atoms with Crippen LogP contribution in [0.5, 0.6) is 0 Å². The maximum atomic E-state index is 12.2. The molecule has 1 heterocycles. The molecule has 1 aliphatic rings. The minimum Gasteiger partial charge on any atom is -0.369 e. The van der Waals surface area contributed by atoms with Gasteiger partial charge in [-0.2, -0.15) is 0 Å². The van der Waals surface area contributed by atoms with Gasteiger partial charge in [-0.1, -0.05) is 11.6 Å². The average molecular weight is 317 g/mol. The van der Waals surface area contributed by atoms with E-state index < -0.39 is 9.84 Å². The first-order valence-electron chi connectivity index (χ1n) is 6.38. The lowest BCUT2D eigenvalue weighted by Crippen LogP contribution is -2.30. The molecule has 1 saturated heterocycles. The number of rotatable bonds is 5. The van der Waals surface area contributed by atoms with Crippen molar-refractivity contribution >= 4 is 27.3 Å². The molecule has 1 aliphatic heterocycles. The Morgan fingerprint density at radius 1 is 1.35 bits per heavy atom. The van der Waals surface area contributed by atoms with Crippen molar-refractivity contribution in [1.29, 1.82) is 0 Å². The monoisotopic (exact) mass is 316 g/mol. The van der Waals surface area contributed by atoms with Crippen LogP contribution in [0.25, 0.3) is 0 Å². The van der Waals surface area contributed by atoms with E-state index in [4.69, 9.17) is 17.3 Å². The predicted molar refractivity (Wildman–Crippen MR) is 77.2 cm³/mol. The standard InChI is InChI=1S/C13H17ClN2O3S/c14-11-1-3-12(4-2-11)20(18,19)8-7-16-6-5-10(9-16)13(15)17/h1-4,10H,5-9H2,(H2,15,17)/t10-/m1/s1. The molecule has 0 spiro atoms. The highest BCUT2D eigenvalue weighted by Crippen LogP contribution is 2.18. The Morgan fingerprint density at radius 2 is 2.00 bits per heavy atom. The van der Waals surface area contributed by atoms with E-state index in [0.717, 1.165) is 0 Å². The van der Waals surface area contributed by atoms with Gasteiger partial charge in [-0.15, -0.1) is 0 Å². The summed E-state index contributed by atoms with van der Waals surface area (Å²) in [5.41, 5.74) is 5.25. The number of carbonyl (C=O) groups excluding carboxylic acids is 1. The molecule has 0 saturated carbocycles. The first-order chi connectivity index (χ1) is 9.38. The van der Waals surface area contributed by atoms with Crippen molar-refractivity contribution in [2.24, 2.45) is 11.7 Å². The molecule has 1 aromatic rings. The van der Waals surface area contributed by atoms with Gasteiger partial charge in [0.05, 0.1) is 16.6 Å². The molecule has 0 radical (unpaired) electrons. The number of hydrogen-bond acceptors (Lipinski definition) is 4. The molecule has 1 aromatic carbocycles. The fourth-order valence-electron chi connectivity index (χ4n) is 2.28. The Labute approximate surface area is 123 Å². The molecule has 7 heteroatoms. The molecule has 5 nitrogen and oxygen atoms in total. The number of likely N-dealkylation sites (tertiary alicyclic amines) is 1. The topological polar surface area (TPSA) is 80.5 Å². The van der Waals surface area contributed by atoms with Gasteiger partial charge < -0.3 is 10.6 Å². The third-order valence-electron chi connectivity index (χ3n) is 3.52. The number of nitrogens with zero attached hydrogens (tertiary/aromatic N) is 1. The predicted octanol–water partition coefficient (Wildman–Crippen LogP) is 0.921. The maximum absolute atomic E-state index is 12.2. The van der Waals surface area contributed by atoms with Crippen molar-refractivity contribution < 1.29 is 13.2 Å². The molecule has 2 rings (SSSR count). The summed E-state index contributed by atoms with van der Waals surface area (Å²) in [6.45, 7) is 1.67. The lowest BCUT2D eigenvalue weighted by molar-refractivity contribution is -0.121. The largest absolute Gasteiger partial charge is 0.369 e. The van der Waals surface area contributed by atoms with Gasteiger partial charge in [-0.05, 0) is 37.2 Å². The van der Waals surface area contributed by atoms with Gasteiger partial charge in [-0.25, -0.2) is 8.42 Å². The van der Waals surface area contributed by atoms with Crippen LogP contribution in [-0.4, -0.2) is 44.6 Å². The van der Waals surface area contributed by atoms with E-state index in [1.807, 2.05) is 4.90 Å². The minimum atomic E-state index is -3.32. The fourth-order valence-corrected chi connectivity index (χ4v) is 3.69. The van der Waals surface area contributed by atoms with Crippen molar-refractivity contribution in [3.05, 3.63) is 29.3 Å². The third kappa shape index (κ3) is 3.71. The number of amides is 1. The number of sulfone groups is 1. The fraction of sp³-hybridized carbons (Fsp3) is 0.462. The third-order valence-corrected chi connectivity index (χ3v) is 5.49. The quantitative estimate of drug-likeness (QED) is 0.876. The Balaban J connectivity index is 1.93. The van der Waals surface area contributed by atoms with Gasteiger partial charge in [0.15, 0.2) is 9.84 Å². The molecule has 0 unspecified atom stereocenters. The van der Waals surface area contributed by atoms with E-state index >= 15 is 0 Å². The lowest BCUT2D eigenvalue weighted by atomic mass is 10.1. The van der Waals surface area contributed by atoms with Crippen LogP contribution in [-0.2, 0) is 14.6 Å². The Morgan fingerprint density at radius 3 is 2.55 bits per heavy atom. The van der Waals surface area contributed by atoms with E-state index in [0.29, 0.717) is 31.1 Å². The van der Waals surface area contributed by atoms with Crippen molar-refractivity contribution in [1.82, 2.24) is 4.90 Å². The zero-order valence-electron chi connectivity index (χ0n) is 11.0. The summed E-state index contributed by atoms with van der Waals surface area (Å²) < 4.78 is 24.3. The molecule has 2 N–H and O–H groups in total. The Bertz CT molecular complexity index is 586. The van der Waals surface area contributed by atoms with Crippen LogP contribution in [0.1, 0.15) is 6.42 Å². The SMILES string of the molecule is NC(=O)[C@@H]1CCN(CCS(=O)(=O)c2ccc(Cl)cc2)C1. The summed E-state index contributed by atoms with van der Waals surface area (Å²) in [6, 6.07) is 6.14. The smallest absolute Gasteiger partial charge is 0.221 e. The van der Waals surface area contributed by atoms with Crippen molar-refractivity contribution in [3.63, 3.8) is 0 Å². The van der Waals surface area contributed by atoms with Gasteiger partial charge in [0.2, 0.25) is 5.91 Å². The second-order valence-electron chi connectivity index (χ2n) is 4.96. The number of carbonyl (C=O) groups is 1. The normalized spacial score (nSPS) is 20.1. The highest BCUT2D eigenvalue weighted by atomic mass is 35.5. The van der Waals surface area contributed by atoms with Crippen molar-refractivity contribution in [2.75, 3.05) is 25.4 Å². The molecule has 0 aliphatic carbocycles. The lowest BCUT2D eigenvalue weighted by Gasteiger charge is -2.15. The molecule has 1 atom stereocenters. The zero-order valence-corrected chi connectivity index (χ0v) is 12.5. The van der Waals surface area contributed by atoms with Gasteiger partial charge in [0.1, 0.15) is 0 Å². The van der Waals surface area contributed by atoms with Crippen LogP contribution < -0.4 is 5.73 Å². The van der Waals surface area contributed by atoms with E-state index in [1.54, 1.807) is 12.1 Å². The summed E-state index contributed by atoms with van der Waals surface area (Å²) in [6.07, 6.45) is 0.705. The molecular weight excluding hydrogens is 300 g/mol. The number of halogens is 1. The molecule has 0 bridgehead atoms. The minimum absolute atomic E-state index is 0.0279. The van der Waals surface area contributed by atoms with Crippen LogP contribution in [0.2, 0.25) is 5.02 Å². The van der Waals surface area contributed by atoms with Gasteiger partial charge >= 0.3 is 0 Å². The van der Waals surface area contributed by atoms with E-state index in [2.05, 4.69) is 0 Å². The van der Waals surface area contributed by atoms with Crippen LogP contribution in [0.15, 0.2) is 29.2 Å². The summed E-state index contributed by atoms with van der Waals surface area (Å²) in [7, 11) is -3.32. The molecule has 1 amide bonds. The number of nitrogens with two attached hydrogens (primary N) is 1. The summed E-state index contributed by atoms with van der Waals surface area (Å²) in [5.74, 6) is -0.443. The first-order valence-corrected chi connectivity index (χ1v) is 8.41. The van der Waals surface area contributed by atoms with Crippen LogP contribution in [0.3, 0.4) is 0 Å². The number of primary amides is 1. The number of hydrogen-bond donors (Lipinski definition) is 1. The second-order valence-corrected chi connectivity index (χ2v) is 7.51. The van der Waals surface area contributed by atoms with Gasteiger partial charge in [-0.3, -0.25) is 4.79 Å². The van der Waals surface area contributed by atoms with E-state index in [1.165, 1.54) is 12.1 Å². The molecule has 110 valence electrons. The van der Waals surface area contributed by atoms with Crippen LogP contribution in [0.4, 0.5) is 0 Å². The van der Waals surface area contributed by atoms with Crippen molar-refractivity contribution in [2.45, 2.75) is 11.3 Å². The second kappa shape index (κ2) is 6.11. The number of benzene rings is 1. The molecule has 1 fully saturated rings. The summed E-state index contributed by atoms with van der Waals surface area (Å²) >= 11 is 5.74. The Kier molecular flexibility index (Phi) is 4.67. The molecule has 20 heavy (non-hydrogen) atoms. The molecular formula is C13H17ClN2O3S. The average Bonchev–Trinajstić information content (AvgIpc) is 2.86. The first kappa shape index (κ1) is 15.3. The van der Waals surface area contributed by atoms with Gasteiger partial charge in [0.25, 0.3) is 0 Å². The van der Waals surface area contributed by atoms with Crippen molar-refractivity contribution in [3.8, 4) is 0 Å². The summed E-state index contributed by atoms with van der Waals surface area (Å²) in [5, 5.41) is 0.507. The van der Waals surface area contributed by atoms with E-state index in [-0.39, 0.29) is 22.5 Å². The summed E-state index contributed by atoms with van der Waals surface area (Å²) in [4.78, 5) is 13.3.